The van der Waals surface area contributed by atoms with E-state index in [1.54, 1.807) is 7.11 Å². The van der Waals surface area contributed by atoms with Gasteiger partial charge in [0.15, 0.2) is 17.6 Å². The quantitative estimate of drug-likeness (QED) is 0.810. The largest absolute Gasteiger partial charge is 0.492 e. The Labute approximate surface area is 138 Å². The number of benzene rings is 1. The number of hydrogen-bond acceptors (Lipinski definition) is 6. The molecule has 8 heteroatoms. The van der Waals surface area contributed by atoms with Crippen molar-refractivity contribution in [1.82, 2.24) is 0 Å². The first kappa shape index (κ1) is 14.9. The lowest BCUT2D eigenvalue weighted by molar-refractivity contribution is 0.0638. The summed E-state index contributed by atoms with van der Waals surface area (Å²) in [6.07, 6.45) is -0.348. The fourth-order valence-corrected chi connectivity index (χ4v) is 4.18. The van der Waals surface area contributed by atoms with Gasteiger partial charge in [0.25, 0.3) is 0 Å². The van der Waals surface area contributed by atoms with E-state index in [4.69, 9.17) is 19.0 Å². The van der Waals surface area contributed by atoms with E-state index >= 15 is 0 Å². The second kappa shape index (κ2) is 5.66. The predicted octanol–water partition coefficient (Wildman–Crippen LogP) is 3.00. The van der Waals surface area contributed by atoms with Crippen LogP contribution in [0.1, 0.15) is 18.6 Å². The second-order valence-electron chi connectivity index (χ2n) is 4.70. The highest BCUT2D eigenvalue weighted by molar-refractivity contribution is 9.11. The number of nitrogens with zero attached hydrogens (tertiary/aromatic N) is 1. The van der Waals surface area contributed by atoms with E-state index < -0.39 is 0 Å². The van der Waals surface area contributed by atoms with Gasteiger partial charge in [-0.3, -0.25) is 0 Å². The zero-order chi connectivity index (χ0) is 15.1. The third-order valence-corrected chi connectivity index (χ3v) is 5.18. The van der Waals surface area contributed by atoms with Crippen molar-refractivity contribution in [3.8, 4) is 17.2 Å². The summed E-state index contributed by atoms with van der Waals surface area (Å²) in [5.74, 6) is 1.62. The lowest BCUT2D eigenvalue weighted by atomic mass is 9.93. The van der Waals surface area contributed by atoms with Crippen LogP contribution in [0, 0.1) is 5.92 Å². The molecule has 1 aromatic carbocycles. The van der Waals surface area contributed by atoms with Crippen molar-refractivity contribution in [2.45, 2.75) is 13.0 Å². The van der Waals surface area contributed by atoms with E-state index in [1.807, 2.05) is 6.92 Å². The number of aliphatic hydroxyl groups excluding tert-OH is 1. The number of fused-ring (bicyclic) bond motifs is 1. The molecule has 0 aromatic heterocycles. The van der Waals surface area contributed by atoms with Crippen molar-refractivity contribution >= 4 is 37.6 Å². The molecule has 2 atom stereocenters. The SMILES string of the molecule is COc1c(Br)c([C@H]2ON=C(CO)[C@H]2C)c(Br)c2c1OCO2. The molecule has 2 heterocycles. The lowest BCUT2D eigenvalue weighted by Gasteiger charge is -2.20. The highest BCUT2D eigenvalue weighted by Crippen LogP contribution is 2.55. The maximum absolute atomic E-state index is 9.29. The third kappa shape index (κ3) is 2.20. The standard InChI is InChI=1S/C13H13Br2NO5/c1-5-6(3-17)16-21-10(5)7-8(14)11(18-2)13-12(9(7)15)19-4-20-13/h5,10,17H,3-4H2,1-2H3/t5-,10+/m1/s1. The molecule has 0 fully saturated rings. The summed E-state index contributed by atoms with van der Waals surface area (Å²) in [6.45, 7) is 1.96. The van der Waals surface area contributed by atoms with Gasteiger partial charge in [-0.25, -0.2) is 0 Å². The molecule has 1 N–H and O–H groups in total. The predicted molar refractivity (Wildman–Crippen MR) is 82.0 cm³/mol. The minimum absolute atomic E-state index is 0.0623. The van der Waals surface area contributed by atoms with Crippen LogP contribution in [0.4, 0.5) is 0 Å². The maximum atomic E-state index is 9.29. The van der Waals surface area contributed by atoms with Gasteiger partial charge in [-0.05, 0) is 31.9 Å². The minimum Gasteiger partial charge on any atom is -0.492 e. The number of rotatable bonds is 3. The summed E-state index contributed by atoms with van der Waals surface area (Å²) in [5, 5.41) is 13.2. The van der Waals surface area contributed by atoms with E-state index in [0.717, 1.165) is 10.0 Å². The molecule has 0 saturated heterocycles. The molecule has 3 rings (SSSR count). The fourth-order valence-electron chi connectivity index (χ4n) is 2.43. The average Bonchev–Trinajstić information content (AvgIpc) is 3.08. The van der Waals surface area contributed by atoms with Gasteiger partial charge >= 0.3 is 0 Å². The van der Waals surface area contributed by atoms with Crippen LogP contribution in [0.15, 0.2) is 14.1 Å². The summed E-state index contributed by atoms with van der Waals surface area (Å²) in [4.78, 5) is 5.49. The van der Waals surface area contributed by atoms with Crippen LogP contribution >= 0.6 is 31.9 Å². The first-order valence-electron chi connectivity index (χ1n) is 6.28. The summed E-state index contributed by atoms with van der Waals surface area (Å²) in [5.41, 5.74) is 1.42. The summed E-state index contributed by atoms with van der Waals surface area (Å²) in [7, 11) is 1.56. The topological polar surface area (TPSA) is 69.5 Å². The van der Waals surface area contributed by atoms with Gasteiger partial charge in [0.2, 0.25) is 12.5 Å². The zero-order valence-electron chi connectivity index (χ0n) is 11.4. The number of halogens is 2. The molecule has 0 spiro atoms. The van der Waals surface area contributed by atoms with Gasteiger partial charge in [0.1, 0.15) is 0 Å². The van der Waals surface area contributed by atoms with Gasteiger partial charge in [0.05, 0.1) is 28.4 Å². The van der Waals surface area contributed by atoms with Crippen LogP contribution in [-0.2, 0) is 4.84 Å². The Balaban J connectivity index is 2.12. The van der Waals surface area contributed by atoms with Crippen LogP contribution in [-0.4, -0.2) is 31.3 Å². The molecule has 0 saturated carbocycles. The van der Waals surface area contributed by atoms with Crippen molar-refractivity contribution in [3.05, 3.63) is 14.5 Å². The fraction of sp³-hybridized carbons (Fsp3) is 0.462. The van der Waals surface area contributed by atoms with Crippen LogP contribution < -0.4 is 14.2 Å². The number of ether oxygens (including phenoxy) is 3. The first-order valence-corrected chi connectivity index (χ1v) is 7.86. The summed E-state index contributed by atoms with van der Waals surface area (Å²) < 4.78 is 17.8. The Kier molecular flexibility index (Phi) is 4.02. The molecule has 21 heavy (non-hydrogen) atoms. The van der Waals surface area contributed by atoms with Gasteiger partial charge in [-0.1, -0.05) is 12.1 Å². The molecular weight excluding hydrogens is 410 g/mol. The molecule has 2 aliphatic rings. The van der Waals surface area contributed by atoms with Crippen LogP contribution in [0.3, 0.4) is 0 Å². The Morgan fingerprint density at radius 2 is 2.00 bits per heavy atom. The minimum atomic E-state index is -0.348. The van der Waals surface area contributed by atoms with E-state index in [2.05, 4.69) is 37.0 Å². The molecule has 0 radical (unpaired) electrons. The molecule has 0 amide bonds. The van der Waals surface area contributed by atoms with Crippen LogP contribution in [0.2, 0.25) is 0 Å². The van der Waals surface area contributed by atoms with Crippen molar-refractivity contribution in [2.24, 2.45) is 11.1 Å². The highest BCUT2D eigenvalue weighted by atomic mass is 79.9. The number of oxime groups is 1. The zero-order valence-corrected chi connectivity index (χ0v) is 14.5. The third-order valence-electron chi connectivity index (χ3n) is 3.60. The Morgan fingerprint density at radius 3 is 2.62 bits per heavy atom. The summed E-state index contributed by atoms with van der Waals surface area (Å²) in [6, 6.07) is 0. The molecule has 6 nitrogen and oxygen atoms in total. The van der Waals surface area contributed by atoms with Crippen molar-refractivity contribution in [2.75, 3.05) is 20.5 Å². The van der Waals surface area contributed by atoms with Gasteiger partial charge in [-0.15, -0.1) is 0 Å². The number of hydrogen-bond donors (Lipinski definition) is 1. The summed E-state index contributed by atoms with van der Waals surface area (Å²) >= 11 is 7.08. The second-order valence-corrected chi connectivity index (χ2v) is 6.28. The average molecular weight is 423 g/mol. The highest BCUT2D eigenvalue weighted by Gasteiger charge is 2.39. The maximum Gasteiger partial charge on any atom is 0.231 e. The normalized spacial score (nSPS) is 23.0. The number of aliphatic hydroxyl groups is 1. The van der Waals surface area contributed by atoms with Crippen LogP contribution in [0.25, 0.3) is 0 Å². The molecule has 2 aliphatic heterocycles. The Morgan fingerprint density at radius 1 is 1.29 bits per heavy atom. The van der Waals surface area contributed by atoms with Gasteiger partial charge < -0.3 is 24.2 Å². The van der Waals surface area contributed by atoms with Gasteiger partial charge in [0, 0.05) is 11.5 Å². The molecule has 0 aliphatic carbocycles. The van der Waals surface area contributed by atoms with E-state index in [-0.39, 0.29) is 25.4 Å². The number of methoxy groups -OCH3 is 1. The van der Waals surface area contributed by atoms with Crippen molar-refractivity contribution in [3.63, 3.8) is 0 Å². The molecule has 0 unspecified atom stereocenters. The Hall–Kier alpha value is -0.990. The lowest BCUT2D eigenvalue weighted by Crippen LogP contribution is -2.17. The van der Waals surface area contributed by atoms with E-state index in [0.29, 0.717) is 27.4 Å². The first-order chi connectivity index (χ1) is 10.1. The van der Waals surface area contributed by atoms with E-state index in [1.165, 1.54) is 0 Å². The molecule has 114 valence electrons. The van der Waals surface area contributed by atoms with Crippen molar-refractivity contribution in [1.29, 1.82) is 0 Å². The smallest absolute Gasteiger partial charge is 0.231 e. The van der Waals surface area contributed by atoms with Gasteiger partial charge in [-0.2, -0.15) is 0 Å². The van der Waals surface area contributed by atoms with E-state index in [9.17, 15) is 5.11 Å². The molecule has 1 aromatic rings. The van der Waals surface area contributed by atoms with Crippen LogP contribution in [0.5, 0.6) is 17.2 Å². The Bertz CT molecular complexity index is 619. The molecule has 0 bridgehead atoms. The molecular formula is C13H13Br2NO5. The van der Waals surface area contributed by atoms with Crippen molar-refractivity contribution < 1.29 is 24.2 Å². The monoisotopic (exact) mass is 421 g/mol.